The van der Waals surface area contributed by atoms with Gasteiger partial charge in [0.15, 0.2) is 13.1 Å². The molecule has 76 valence electrons. The number of aldehydes is 1. The molecule has 0 unspecified atom stereocenters. The van der Waals surface area contributed by atoms with Crippen molar-refractivity contribution < 1.29 is 18.7 Å². The Morgan fingerprint density at radius 2 is 2.29 bits per heavy atom. The van der Waals surface area contributed by atoms with Crippen molar-refractivity contribution in [2.24, 2.45) is 0 Å². The van der Waals surface area contributed by atoms with Crippen LogP contribution in [0.5, 0.6) is 5.75 Å². The van der Waals surface area contributed by atoms with Gasteiger partial charge in [0, 0.05) is 7.11 Å². The Kier molecular flexibility index (Phi) is 4.03. The number of ether oxygens (including phenoxy) is 2. The highest BCUT2D eigenvalue weighted by molar-refractivity contribution is 9.10. The molecule has 0 aliphatic carbocycles. The summed E-state index contributed by atoms with van der Waals surface area (Å²) >= 11 is 3.07. The third-order valence-electron chi connectivity index (χ3n) is 1.54. The first-order valence-electron chi connectivity index (χ1n) is 3.75. The van der Waals surface area contributed by atoms with E-state index < -0.39 is 5.82 Å². The van der Waals surface area contributed by atoms with E-state index in [-0.39, 0.29) is 12.4 Å². The molecular weight excluding hydrogens is 255 g/mol. The lowest BCUT2D eigenvalue weighted by molar-refractivity contribution is 0.0504. The molecule has 1 aromatic carbocycles. The summed E-state index contributed by atoms with van der Waals surface area (Å²) < 4.78 is 23.1. The summed E-state index contributed by atoms with van der Waals surface area (Å²) in [5.74, 6) is -0.216. The zero-order valence-corrected chi connectivity index (χ0v) is 9.01. The Morgan fingerprint density at radius 3 is 2.86 bits per heavy atom. The number of benzene rings is 1. The number of halogens is 2. The molecule has 14 heavy (non-hydrogen) atoms. The topological polar surface area (TPSA) is 35.5 Å². The van der Waals surface area contributed by atoms with Gasteiger partial charge in [0.05, 0.1) is 10.0 Å². The zero-order chi connectivity index (χ0) is 10.6. The first-order valence-corrected chi connectivity index (χ1v) is 4.55. The van der Waals surface area contributed by atoms with Crippen LogP contribution in [0.1, 0.15) is 10.4 Å². The second kappa shape index (κ2) is 5.07. The zero-order valence-electron chi connectivity index (χ0n) is 7.42. The number of methoxy groups -OCH3 is 1. The summed E-state index contributed by atoms with van der Waals surface area (Å²) in [6.45, 7) is 0.0442. The fourth-order valence-corrected chi connectivity index (χ4v) is 1.42. The number of rotatable bonds is 4. The highest BCUT2D eigenvalue weighted by Crippen LogP contribution is 2.29. The van der Waals surface area contributed by atoms with Crippen molar-refractivity contribution in [3.8, 4) is 5.75 Å². The lowest BCUT2D eigenvalue weighted by atomic mass is 10.2. The van der Waals surface area contributed by atoms with Gasteiger partial charge in [-0.15, -0.1) is 0 Å². The molecule has 0 spiro atoms. The minimum Gasteiger partial charge on any atom is -0.466 e. The Morgan fingerprint density at radius 1 is 1.57 bits per heavy atom. The van der Waals surface area contributed by atoms with E-state index in [2.05, 4.69) is 20.7 Å². The molecule has 0 saturated carbocycles. The normalized spacial score (nSPS) is 9.93. The molecule has 0 heterocycles. The van der Waals surface area contributed by atoms with Crippen LogP contribution >= 0.6 is 15.9 Å². The van der Waals surface area contributed by atoms with Crippen molar-refractivity contribution in [3.63, 3.8) is 0 Å². The summed E-state index contributed by atoms with van der Waals surface area (Å²) in [4.78, 5) is 10.5. The van der Waals surface area contributed by atoms with Gasteiger partial charge in [-0.3, -0.25) is 4.79 Å². The van der Waals surface area contributed by atoms with Gasteiger partial charge in [-0.1, -0.05) is 0 Å². The van der Waals surface area contributed by atoms with Gasteiger partial charge in [0.1, 0.15) is 11.6 Å². The van der Waals surface area contributed by atoms with Gasteiger partial charge in [0.25, 0.3) is 0 Å². The van der Waals surface area contributed by atoms with E-state index >= 15 is 0 Å². The van der Waals surface area contributed by atoms with E-state index in [1.54, 1.807) is 0 Å². The van der Waals surface area contributed by atoms with Crippen LogP contribution in [0.15, 0.2) is 16.6 Å². The largest absolute Gasteiger partial charge is 0.466 e. The minimum atomic E-state index is -0.586. The molecule has 1 rings (SSSR count). The molecule has 0 saturated heterocycles. The SMILES string of the molecule is COCOc1ccc(F)c(C=O)c1Br. The Bertz CT molecular complexity index is 341. The van der Waals surface area contributed by atoms with Gasteiger partial charge in [-0.05, 0) is 28.1 Å². The van der Waals surface area contributed by atoms with Crippen molar-refractivity contribution in [1.29, 1.82) is 0 Å². The second-order valence-electron chi connectivity index (χ2n) is 2.44. The first kappa shape index (κ1) is 11.1. The van der Waals surface area contributed by atoms with Crippen LogP contribution in [0.25, 0.3) is 0 Å². The average molecular weight is 263 g/mol. The third kappa shape index (κ3) is 2.30. The molecule has 0 N–H and O–H groups in total. The average Bonchev–Trinajstić information content (AvgIpc) is 2.18. The molecule has 0 bridgehead atoms. The number of carbonyl (C=O) groups is 1. The predicted octanol–water partition coefficient (Wildman–Crippen LogP) is 2.38. The summed E-state index contributed by atoms with van der Waals surface area (Å²) in [5, 5.41) is 0. The molecule has 0 radical (unpaired) electrons. The predicted molar refractivity (Wildman–Crippen MR) is 52.0 cm³/mol. The maximum Gasteiger partial charge on any atom is 0.188 e. The molecular formula is C9H8BrFO3. The molecule has 0 aliphatic heterocycles. The third-order valence-corrected chi connectivity index (χ3v) is 2.36. The van der Waals surface area contributed by atoms with E-state index in [9.17, 15) is 9.18 Å². The fourth-order valence-electron chi connectivity index (χ4n) is 0.891. The lowest BCUT2D eigenvalue weighted by Gasteiger charge is -2.08. The molecule has 0 amide bonds. The quantitative estimate of drug-likeness (QED) is 0.618. The standard InChI is InChI=1S/C9H8BrFO3/c1-13-5-14-8-3-2-7(11)6(4-12)9(8)10/h2-4H,5H2,1H3. The Labute approximate surface area is 88.9 Å². The molecule has 0 atom stereocenters. The summed E-state index contributed by atoms with van der Waals surface area (Å²) in [5.41, 5.74) is -0.0568. The van der Waals surface area contributed by atoms with E-state index in [1.165, 1.54) is 19.2 Å². The number of carbonyl (C=O) groups excluding carboxylic acids is 1. The summed E-state index contributed by atoms with van der Waals surface area (Å²) in [7, 11) is 1.47. The van der Waals surface area contributed by atoms with Crippen LogP contribution in [-0.2, 0) is 4.74 Å². The van der Waals surface area contributed by atoms with Crippen LogP contribution in [0.4, 0.5) is 4.39 Å². The molecule has 0 aromatic heterocycles. The molecule has 0 fully saturated rings. The summed E-state index contributed by atoms with van der Waals surface area (Å²) in [6.07, 6.45) is 0.430. The van der Waals surface area contributed by atoms with E-state index in [0.717, 1.165) is 0 Å². The van der Waals surface area contributed by atoms with E-state index in [0.29, 0.717) is 16.5 Å². The minimum absolute atomic E-state index is 0.0442. The second-order valence-corrected chi connectivity index (χ2v) is 3.23. The van der Waals surface area contributed by atoms with Crippen molar-refractivity contribution in [1.82, 2.24) is 0 Å². The van der Waals surface area contributed by atoms with Crippen LogP contribution < -0.4 is 4.74 Å². The lowest BCUT2D eigenvalue weighted by Crippen LogP contribution is -2.01. The van der Waals surface area contributed by atoms with Crippen molar-refractivity contribution in [2.45, 2.75) is 0 Å². The molecule has 1 aromatic rings. The van der Waals surface area contributed by atoms with Gasteiger partial charge >= 0.3 is 0 Å². The summed E-state index contributed by atoms with van der Waals surface area (Å²) in [6, 6.07) is 2.59. The Hall–Kier alpha value is -0.940. The molecule has 0 aliphatic rings. The molecule has 5 heteroatoms. The maximum absolute atomic E-state index is 13.0. The van der Waals surface area contributed by atoms with Crippen LogP contribution in [0, 0.1) is 5.82 Å². The van der Waals surface area contributed by atoms with E-state index in [4.69, 9.17) is 4.74 Å². The van der Waals surface area contributed by atoms with Gasteiger partial charge in [0.2, 0.25) is 0 Å². The van der Waals surface area contributed by atoms with Crippen molar-refractivity contribution >= 4 is 22.2 Å². The van der Waals surface area contributed by atoms with E-state index in [1.807, 2.05) is 0 Å². The monoisotopic (exact) mass is 262 g/mol. The smallest absolute Gasteiger partial charge is 0.188 e. The van der Waals surface area contributed by atoms with Crippen molar-refractivity contribution in [2.75, 3.05) is 13.9 Å². The van der Waals surface area contributed by atoms with Gasteiger partial charge < -0.3 is 9.47 Å². The van der Waals surface area contributed by atoms with Crippen LogP contribution in [0.2, 0.25) is 0 Å². The van der Waals surface area contributed by atoms with Crippen LogP contribution in [-0.4, -0.2) is 20.2 Å². The molecule has 3 nitrogen and oxygen atoms in total. The number of hydrogen-bond donors (Lipinski definition) is 0. The Balaban J connectivity index is 3.02. The number of hydrogen-bond acceptors (Lipinski definition) is 3. The fraction of sp³-hybridized carbons (Fsp3) is 0.222. The van der Waals surface area contributed by atoms with Gasteiger partial charge in [-0.2, -0.15) is 0 Å². The highest BCUT2D eigenvalue weighted by Gasteiger charge is 2.11. The van der Waals surface area contributed by atoms with Crippen LogP contribution in [0.3, 0.4) is 0 Å². The van der Waals surface area contributed by atoms with Crippen molar-refractivity contribution in [3.05, 3.63) is 28.0 Å². The van der Waals surface area contributed by atoms with Gasteiger partial charge in [-0.25, -0.2) is 4.39 Å². The highest BCUT2D eigenvalue weighted by atomic mass is 79.9. The maximum atomic E-state index is 13.0. The first-order chi connectivity index (χ1) is 6.70.